The van der Waals surface area contributed by atoms with Gasteiger partial charge in [0, 0.05) is 19.6 Å². The third kappa shape index (κ3) is 4.28. The molecule has 1 saturated heterocycles. The number of ether oxygens (including phenoxy) is 1. The lowest BCUT2D eigenvalue weighted by molar-refractivity contribution is -0.142. The molecule has 6 nitrogen and oxygen atoms in total. The van der Waals surface area contributed by atoms with E-state index in [1.54, 1.807) is 17.0 Å². The normalized spacial score (nSPS) is 16.3. The monoisotopic (exact) mass is 326 g/mol. The molecule has 0 saturated carbocycles. The highest BCUT2D eigenvalue weighted by Gasteiger charge is 2.19. The summed E-state index contributed by atoms with van der Waals surface area (Å²) in [5.41, 5.74) is 1.10. The standard InChI is InChI=1S/C15H22N2O4S/c1-12(2)13-3-5-14(6-4-13)22(19,20)16-7-8-17-9-10-21-11-15(17)18/h3-6,12,16H,7-11H2,1-2H3. The lowest BCUT2D eigenvalue weighted by Gasteiger charge is -2.26. The zero-order chi connectivity index (χ0) is 16.2. The molecule has 7 heteroatoms. The van der Waals surface area contributed by atoms with E-state index in [0.29, 0.717) is 25.6 Å². The highest BCUT2D eigenvalue weighted by Crippen LogP contribution is 2.17. The van der Waals surface area contributed by atoms with Crippen LogP contribution in [0.4, 0.5) is 0 Å². The Morgan fingerprint density at radius 2 is 1.95 bits per heavy atom. The fraction of sp³-hybridized carbons (Fsp3) is 0.533. The number of hydrogen-bond acceptors (Lipinski definition) is 4. The second kappa shape index (κ2) is 7.21. The Hall–Kier alpha value is -1.44. The van der Waals surface area contributed by atoms with Crippen LogP contribution in [0.15, 0.2) is 29.2 Å². The van der Waals surface area contributed by atoms with Crippen LogP contribution < -0.4 is 4.72 Å². The zero-order valence-corrected chi connectivity index (χ0v) is 13.7. The molecule has 0 unspecified atom stereocenters. The number of hydrogen-bond donors (Lipinski definition) is 1. The van der Waals surface area contributed by atoms with Crippen LogP contribution in [0.5, 0.6) is 0 Å². The summed E-state index contributed by atoms with van der Waals surface area (Å²) in [6, 6.07) is 6.87. The average Bonchev–Trinajstić information content (AvgIpc) is 2.49. The van der Waals surface area contributed by atoms with Crippen molar-refractivity contribution in [2.24, 2.45) is 0 Å². The molecule has 1 aromatic rings. The molecule has 1 heterocycles. The van der Waals surface area contributed by atoms with Gasteiger partial charge in [0.1, 0.15) is 6.61 Å². The van der Waals surface area contributed by atoms with E-state index >= 15 is 0 Å². The molecular formula is C15H22N2O4S. The van der Waals surface area contributed by atoms with Gasteiger partial charge in [-0.2, -0.15) is 0 Å². The second-order valence-corrected chi connectivity index (χ2v) is 7.32. The van der Waals surface area contributed by atoms with Gasteiger partial charge in [0.2, 0.25) is 15.9 Å². The average molecular weight is 326 g/mol. The number of amides is 1. The van der Waals surface area contributed by atoms with Crippen molar-refractivity contribution in [1.29, 1.82) is 0 Å². The number of nitrogens with one attached hydrogen (secondary N) is 1. The third-order valence-corrected chi connectivity index (χ3v) is 5.09. The van der Waals surface area contributed by atoms with Gasteiger partial charge in [0.05, 0.1) is 11.5 Å². The van der Waals surface area contributed by atoms with E-state index in [9.17, 15) is 13.2 Å². The maximum absolute atomic E-state index is 12.2. The molecule has 0 aromatic heterocycles. The molecule has 22 heavy (non-hydrogen) atoms. The zero-order valence-electron chi connectivity index (χ0n) is 12.9. The van der Waals surface area contributed by atoms with Crippen molar-refractivity contribution in [2.75, 3.05) is 32.8 Å². The van der Waals surface area contributed by atoms with E-state index in [4.69, 9.17) is 4.74 Å². The van der Waals surface area contributed by atoms with Gasteiger partial charge < -0.3 is 9.64 Å². The topological polar surface area (TPSA) is 75.7 Å². The first kappa shape index (κ1) is 16.9. The van der Waals surface area contributed by atoms with E-state index < -0.39 is 10.0 Å². The lowest BCUT2D eigenvalue weighted by Crippen LogP contribution is -2.45. The number of sulfonamides is 1. The van der Waals surface area contributed by atoms with Gasteiger partial charge in [0.15, 0.2) is 0 Å². The molecule has 1 aromatic carbocycles. The van der Waals surface area contributed by atoms with Crippen LogP contribution in [0.25, 0.3) is 0 Å². The molecule has 0 atom stereocenters. The number of carbonyl (C=O) groups is 1. The fourth-order valence-corrected chi connectivity index (χ4v) is 3.24. The summed E-state index contributed by atoms with van der Waals surface area (Å²) < 4.78 is 32.0. The SMILES string of the molecule is CC(C)c1ccc(S(=O)(=O)NCCN2CCOCC2=O)cc1. The Morgan fingerprint density at radius 1 is 1.27 bits per heavy atom. The molecular weight excluding hydrogens is 304 g/mol. The Balaban J connectivity index is 1.91. The molecule has 1 aliphatic heterocycles. The quantitative estimate of drug-likeness (QED) is 0.844. The Labute approximate surface area is 131 Å². The van der Waals surface area contributed by atoms with Gasteiger partial charge in [0.25, 0.3) is 0 Å². The van der Waals surface area contributed by atoms with Crippen molar-refractivity contribution in [3.63, 3.8) is 0 Å². The number of carbonyl (C=O) groups excluding carboxylic acids is 1. The summed E-state index contributed by atoms with van der Waals surface area (Å²) in [7, 11) is -3.54. The molecule has 0 bridgehead atoms. The highest BCUT2D eigenvalue weighted by atomic mass is 32.2. The van der Waals surface area contributed by atoms with Crippen molar-refractivity contribution in [3.05, 3.63) is 29.8 Å². The molecule has 0 radical (unpaired) electrons. The van der Waals surface area contributed by atoms with Crippen LogP contribution in [0.3, 0.4) is 0 Å². The van der Waals surface area contributed by atoms with Crippen LogP contribution in [-0.2, 0) is 19.6 Å². The fourth-order valence-electron chi connectivity index (χ4n) is 2.22. The highest BCUT2D eigenvalue weighted by molar-refractivity contribution is 7.89. The van der Waals surface area contributed by atoms with Gasteiger partial charge in [-0.05, 0) is 23.6 Å². The Morgan fingerprint density at radius 3 is 2.55 bits per heavy atom. The van der Waals surface area contributed by atoms with Gasteiger partial charge in [-0.1, -0.05) is 26.0 Å². The number of nitrogens with zero attached hydrogens (tertiary/aromatic N) is 1. The van der Waals surface area contributed by atoms with Crippen LogP contribution >= 0.6 is 0 Å². The Bertz CT molecular complexity index is 611. The number of rotatable bonds is 6. The number of benzene rings is 1. The summed E-state index contributed by atoms with van der Waals surface area (Å²) in [6.07, 6.45) is 0. The van der Waals surface area contributed by atoms with Crippen LogP contribution in [-0.4, -0.2) is 52.1 Å². The maximum Gasteiger partial charge on any atom is 0.248 e. The van der Waals surface area contributed by atoms with E-state index in [0.717, 1.165) is 5.56 Å². The Kier molecular flexibility index (Phi) is 5.55. The van der Waals surface area contributed by atoms with Gasteiger partial charge in [-0.25, -0.2) is 13.1 Å². The first-order valence-corrected chi connectivity index (χ1v) is 8.83. The van der Waals surface area contributed by atoms with E-state index in [1.165, 1.54) is 0 Å². The van der Waals surface area contributed by atoms with Crippen molar-refractivity contribution >= 4 is 15.9 Å². The van der Waals surface area contributed by atoms with Gasteiger partial charge in [-0.3, -0.25) is 4.79 Å². The third-order valence-electron chi connectivity index (χ3n) is 3.61. The molecule has 1 amide bonds. The predicted molar refractivity (Wildman–Crippen MR) is 83.1 cm³/mol. The summed E-state index contributed by atoms with van der Waals surface area (Å²) in [6.45, 7) is 5.73. The first-order chi connectivity index (χ1) is 10.4. The second-order valence-electron chi connectivity index (χ2n) is 5.55. The van der Waals surface area contributed by atoms with Gasteiger partial charge in [-0.15, -0.1) is 0 Å². The molecule has 1 fully saturated rings. The maximum atomic E-state index is 12.2. The van der Waals surface area contributed by atoms with Crippen molar-refractivity contribution in [3.8, 4) is 0 Å². The van der Waals surface area contributed by atoms with Crippen LogP contribution in [0, 0.1) is 0 Å². The van der Waals surface area contributed by atoms with E-state index in [1.807, 2.05) is 12.1 Å². The minimum absolute atomic E-state index is 0.0728. The minimum Gasteiger partial charge on any atom is -0.370 e. The molecule has 122 valence electrons. The molecule has 1 N–H and O–H groups in total. The van der Waals surface area contributed by atoms with Crippen molar-refractivity contribution < 1.29 is 17.9 Å². The minimum atomic E-state index is -3.54. The van der Waals surface area contributed by atoms with Crippen LogP contribution in [0.2, 0.25) is 0 Å². The molecule has 0 spiro atoms. The molecule has 2 rings (SSSR count). The molecule has 1 aliphatic rings. The smallest absolute Gasteiger partial charge is 0.248 e. The van der Waals surface area contributed by atoms with E-state index in [2.05, 4.69) is 18.6 Å². The first-order valence-electron chi connectivity index (χ1n) is 7.35. The van der Waals surface area contributed by atoms with Crippen LogP contribution in [0.1, 0.15) is 25.3 Å². The summed E-state index contributed by atoms with van der Waals surface area (Å²) in [4.78, 5) is 13.4. The summed E-state index contributed by atoms with van der Waals surface area (Å²) in [5.74, 6) is 0.254. The summed E-state index contributed by atoms with van der Waals surface area (Å²) in [5, 5.41) is 0. The van der Waals surface area contributed by atoms with E-state index in [-0.39, 0.29) is 24.0 Å². The van der Waals surface area contributed by atoms with Gasteiger partial charge >= 0.3 is 0 Å². The number of morpholine rings is 1. The van der Waals surface area contributed by atoms with Crippen molar-refractivity contribution in [1.82, 2.24) is 9.62 Å². The molecule has 0 aliphatic carbocycles. The predicted octanol–water partition coefficient (Wildman–Crippen LogP) is 0.947. The summed E-state index contributed by atoms with van der Waals surface area (Å²) >= 11 is 0. The van der Waals surface area contributed by atoms with Crippen molar-refractivity contribution in [2.45, 2.75) is 24.7 Å². The lowest BCUT2D eigenvalue weighted by atomic mass is 10.0. The largest absolute Gasteiger partial charge is 0.370 e.